The van der Waals surface area contributed by atoms with Gasteiger partial charge in [0.15, 0.2) is 0 Å². The molecule has 0 radical (unpaired) electrons. The second-order valence-electron chi connectivity index (χ2n) is 6.73. The van der Waals surface area contributed by atoms with E-state index < -0.39 is 0 Å². The van der Waals surface area contributed by atoms with Crippen LogP contribution in [0, 0.1) is 5.41 Å². The van der Waals surface area contributed by atoms with Crippen LogP contribution < -0.4 is 11.1 Å². The predicted octanol–water partition coefficient (Wildman–Crippen LogP) is 2.59. The molecule has 1 aromatic carbocycles. The van der Waals surface area contributed by atoms with E-state index in [1.54, 1.807) is 0 Å². The third kappa shape index (κ3) is 4.05. The van der Waals surface area contributed by atoms with Gasteiger partial charge in [-0.15, -0.1) is 0 Å². The SMILES string of the molecule is CC(C(=O)Nc1ccccc1CN)N1CCC(C)(C)CC1. The van der Waals surface area contributed by atoms with Crippen LogP contribution in [0.3, 0.4) is 0 Å². The molecule has 1 aliphatic rings. The van der Waals surface area contributed by atoms with Gasteiger partial charge in [-0.3, -0.25) is 9.69 Å². The van der Waals surface area contributed by atoms with Crippen molar-refractivity contribution in [1.82, 2.24) is 4.90 Å². The van der Waals surface area contributed by atoms with Gasteiger partial charge >= 0.3 is 0 Å². The van der Waals surface area contributed by atoms with Crippen LogP contribution in [0.4, 0.5) is 5.69 Å². The molecule has 0 spiro atoms. The van der Waals surface area contributed by atoms with Gasteiger partial charge in [-0.05, 0) is 49.9 Å². The lowest BCUT2D eigenvalue weighted by atomic mass is 9.82. The van der Waals surface area contributed by atoms with Gasteiger partial charge < -0.3 is 11.1 Å². The topological polar surface area (TPSA) is 58.4 Å². The van der Waals surface area contributed by atoms with Crippen molar-refractivity contribution in [3.63, 3.8) is 0 Å². The molecule has 0 saturated carbocycles. The zero-order chi connectivity index (χ0) is 15.5. The Kier molecular flexibility index (Phi) is 5.01. The summed E-state index contributed by atoms with van der Waals surface area (Å²) < 4.78 is 0. The van der Waals surface area contributed by atoms with Crippen LogP contribution in [-0.2, 0) is 11.3 Å². The number of hydrogen-bond donors (Lipinski definition) is 2. The lowest BCUT2D eigenvalue weighted by molar-refractivity contribution is -0.121. The fourth-order valence-electron chi connectivity index (χ4n) is 2.74. The third-order valence-electron chi connectivity index (χ3n) is 4.57. The largest absolute Gasteiger partial charge is 0.326 e. The van der Waals surface area contributed by atoms with E-state index in [2.05, 4.69) is 24.1 Å². The fraction of sp³-hybridized carbons (Fsp3) is 0.588. The van der Waals surface area contributed by atoms with Gasteiger partial charge in [-0.2, -0.15) is 0 Å². The number of hydrogen-bond acceptors (Lipinski definition) is 3. The first-order chi connectivity index (χ1) is 9.93. The number of para-hydroxylation sites is 1. The number of anilines is 1. The van der Waals surface area contributed by atoms with Crippen molar-refractivity contribution in [1.29, 1.82) is 0 Å². The molecule has 1 aliphatic heterocycles. The van der Waals surface area contributed by atoms with Gasteiger partial charge in [0, 0.05) is 12.2 Å². The molecule has 116 valence electrons. The Morgan fingerprint density at radius 1 is 1.33 bits per heavy atom. The second-order valence-corrected chi connectivity index (χ2v) is 6.73. The highest BCUT2D eigenvalue weighted by molar-refractivity contribution is 5.95. The number of carbonyl (C=O) groups is 1. The molecule has 1 atom stereocenters. The molecule has 0 bridgehead atoms. The summed E-state index contributed by atoms with van der Waals surface area (Å²) in [6.07, 6.45) is 2.29. The van der Waals surface area contributed by atoms with E-state index in [1.165, 1.54) is 0 Å². The van der Waals surface area contributed by atoms with Crippen LogP contribution in [-0.4, -0.2) is 29.9 Å². The molecule has 4 nitrogen and oxygen atoms in total. The smallest absolute Gasteiger partial charge is 0.241 e. The minimum Gasteiger partial charge on any atom is -0.326 e. The van der Waals surface area contributed by atoms with Crippen LogP contribution in [0.1, 0.15) is 39.2 Å². The van der Waals surface area contributed by atoms with Crippen molar-refractivity contribution >= 4 is 11.6 Å². The van der Waals surface area contributed by atoms with E-state index >= 15 is 0 Å². The van der Waals surface area contributed by atoms with E-state index in [-0.39, 0.29) is 11.9 Å². The van der Waals surface area contributed by atoms with Gasteiger partial charge in [0.2, 0.25) is 5.91 Å². The third-order valence-corrected chi connectivity index (χ3v) is 4.57. The average molecular weight is 289 g/mol. The lowest BCUT2D eigenvalue weighted by Crippen LogP contribution is -2.47. The molecule has 1 unspecified atom stereocenters. The minimum atomic E-state index is -0.105. The monoisotopic (exact) mass is 289 g/mol. The highest BCUT2D eigenvalue weighted by atomic mass is 16.2. The highest BCUT2D eigenvalue weighted by Crippen LogP contribution is 2.30. The van der Waals surface area contributed by atoms with E-state index in [9.17, 15) is 4.79 Å². The normalized spacial score (nSPS) is 20.0. The zero-order valence-corrected chi connectivity index (χ0v) is 13.4. The molecule has 4 heteroatoms. The summed E-state index contributed by atoms with van der Waals surface area (Å²) in [5.41, 5.74) is 7.91. The van der Waals surface area contributed by atoms with Crippen molar-refractivity contribution in [2.45, 2.75) is 46.2 Å². The van der Waals surface area contributed by atoms with Crippen molar-refractivity contribution < 1.29 is 4.79 Å². The van der Waals surface area contributed by atoms with Gasteiger partial charge in [0.1, 0.15) is 0 Å². The molecule has 3 N–H and O–H groups in total. The maximum absolute atomic E-state index is 12.4. The maximum atomic E-state index is 12.4. The number of likely N-dealkylation sites (tertiary alicyclic amines) is 1. The van der Waals surface area contributed by atoms with Crippen LogP contribution in [0.15, 0.2) is 24.3 Å². The number of amides is 1. The van der Waals surface area contributed by atoms with E-state index in [0.29, 0.717) is 12.0 Å². The quantitative estimate of drug-likeness (QED) is 0.895. The molecule has 1 fully saturated rings. The molecule has 1 saturated heterocycles. The molecule has 1 aromatic rings. The molecule has 0 aliphatic carbocycles. The van der Waals surface area contributed by atoms with Gasteiger partial charge in [0.25, 0.3) is 0 Å². The predicted molar refractivity (Wildman–Crippen MR) is 87.0 cm³/mol. The first-order valence-electron chi connectivity index (χ1n) is 7.76. The Bertz CT molecular complexity index is 489. The fourth-order valence-corrected chi connectivity index (χ4v) is 2.74. The number of benzene rings is 1. The summed E-state index contributed by atoms with van der Waals surface area (Å²) in [6.45, 7) is 8.99. The first kappa shape index (κ1) is 16.0. The van der Waals surface area contributed by atoms with Crippen LogP contribution in [0.2, 0.25) is 0 Å². The highest BCUT2D eigenvalue weighted by Gasteiger charge is 2.30. The number of carbonyl (C=O) groups excluding carboxylic acids is 1. The van der Waals surface area contributed by atoms with Gasteiger partial charge in [-0.25, -0.2) is 0 Å². The Morgan fingerprint density at radius 3 is 2.57 bits per heavy atom. The molecular weight excluding hydrogens is 262 g/mol. The molecule has 0 aromatic heterocycles. The number of nitrogens with one attached hydrogen (secondary N) is 1. The van der Waals surface area contributed by atoms with Crippen molar-refractivity contribution in [3.05, 3.63) is 29.8 Å². The van der Waals surface area contributed by atoms with Crippen LogP contribution in [0.5, 0.6) is 0 Å². The van der Waals surface area contributed by atoms with Crippen molar-refractivity contribution in [3.8, 4) is 0 Å². The summed E-state index contributed by atoms with van der Waals surface area (Å²) in [7, 11) is 0. The summed E-state index contributed by atoms with van der Waals surface area (Å²) in [6, 6.07) is 7.61. The average Bonchev–Trinajstić information content (AvgIpc) is 2.47. The van der Waals surface area contributed by atoms with E-state index in [0.717, 1.165) is 37.2 Å². The summed E-state index contributed by atoms with van der Waals surface area (Å²) in [5.74, 6) is 0.0515. The Balaban J connectivity index is 1.97. The van der Waals surface area contributed by atoms with Crippen LogP contribution >= 0.6 is 0 Å². The minimum absolute atomic E-state index is 0.0515. The zero-order valence-electron chi connectivity index (χ0n) is 13.4. The molecule has 1 heterocycles. The van der Waals surface area contributed by atoms with Crippen molar-refractivity contribution in [2.75, 3.05) is 18.4 Å². The molecule has 1 amide bonds. The summed E-state index contributed by atoms with van der Waals surface area (Å²) in [5, 5.41) is 3.02. The lowest BCUT2D eigenvalue weighted by Gasteiger charge is -2.39. The van der Waals surface area contributed by atoms with Crippen LogP contribution in [0.25, 0.3) is 0 Å². The Hall–Kier alpha value is -1.39. The maximum Gasteiger partial charge on any atom is 0.241 e. The second kappa shape index (κ2) is 6.58. The van der Waals surface area contributed by atoms with Gasteiger partial charge in [-0.1, -0.05) is 32.0 Å². The number of rotatable bonds is 4. The van der Waals surface area contributed by atoms with E-state index in [1.807, 2.05) is 31.2 Å². The molecular formula is C17H27N3O. The number of piperidine rings is 1. The molecule has 2 rings (SSSR count). The molecule has 21 heavy (non-hydrogen) atoms. The van der Waals surface area contributed by atoms with Crippen molar-refractivity contribution in [2.24, 2.45) is 11.1 Å². The standard InChI is InChI=1S/C17H27N3O/c1-13(20-10-8-17(2,3)9-11-20)16(21)19-15-7-5-4-6-14(15)12-18/h4-7,13H,8-12,18H2,1-3H3,(H,19,21). The number of nitrogens with two attached hydrogens (primary N) is 1. The van der Waals surface area contributed by atoms with E-state index in [4.69, 9.17) is 5.73 Å². The Morgan fingerprint density at radius 2 is 1.95 bits per heavy atom. The number of nitrogens with zero attached hydrogens (tertiary/aromatic N) is 1. The first-order valence-corrected chi connectivity index (χ1v) is 7.76. The Labute approximate surface area is 127 Å². The van der Waals surface area contributed by atoms with Gasteiger partial charge in [0.05, 0.1) is 6.04 Å². The summed E-state index contributed by atoms with van der Waals surface area (Å²) >= 11 is 0. The summed E-state index contributed by atoms with van der Waals surface area (Å²) in [4.78, 5) is 14.7.